The summed E-state index contributed by atoms with van der Waals surface area (Å²) in [5.74, 6) is 1.95. The quantitative estimate of drug-likeness (QED) is 0.715. The van der Waals surface area contributed by atoms with E-state index in [9.17, 15) is 4.39 Å². The molecule has 0 bridgehead atoms. The maximum absolute atomic E-state index is 12.4. The Labute approximate surface area is 79.7 Å². The second-order valence-electron chi connectivity index (χ2n) is 2.00. The summed E-state index contributed by atoms with van der Waals surface area (Å²) >= 11 is 3.45. The second-order valence-corrected chi connectivity index (χ2v) is 5.88. The molecule has 0 heterocycles. The molecule has 58 valence electrons. The van der Waals surface area contributed by atoms with Gasteiger partial charge in [-0.1, -0.05) is 0 Å². The van der Waals surface area contributed by atoms with Gasteiger partial charge in [0.15, 0.2) is 0 Å². The summed E-state index contributed by atoms with van der Waals surface area (Å²) in [7, 11) is 0. The topological polar surface area (TPSA) is 0 Å². The summed E-state index contributed by atoms with van der Waals surface area (Å²) in [6.07, 6.45) is 0. The van der Waals surface area contributed by atoms with Crippen molar-refractivity contribution in [1.82, 2.24) is 0 Å². The van der Waals surface area contributed by atoms with Gasteiger partial charge in [-0.25, -0.2) is 0 Å². The van der Waals surface area contributed by atoms with Crippen LogP contribution < -0.4 is 0 Å². The van der Waals surface area contributed by atoms with E-state index in [0.29, 0.717) is 15.0 Å². The summed E-state index contributed by atoms with van der Waals surface area (Å²) in [4.78, 5) is 0. The summed E-state index contributed by atoms with van der Waals surface area (Å²) in [6, 6.07) is 6.57. The van der Waals surface area contributed by atoms with Gasteiger partial charge in [0.1, 0.15) is 0 Å². The van der Waals surface area contributed by atoms with Crippen LogP contribution in [0.15, 0.2) is 24.3 Å². The predicted octanol–water partition coefficient (Wildman–Crippen LogP) is 1.22. The van der Waals surface area contributed by atoms with E-state index in [2.05, 4.69) is 21.4 Å². The van der Waals surface area contributed by atoms with Crippen molar-refractivity contribution < 1.29 is 4.39 Å². The van der Waals surface area contributed by atoms with Crippen LogP contribution in [0.1, 0.15) is 5.56 Å². The molecular formula is C8H7FSe2. The molecule has 1 rings (SSSR count). The number of benzene rings is 1. The molecule has 0 aromatic heterocycles. The van der Waals surface area contributed by atoms with Gasteiger partial charge in [-0.3, -0.25) is 0 Å². The van der Waals surface area contributed by atoms with Crippen molar-refractivity contribution in [2.45, 2.75) is 5.82 Å². The molecule has 0 fully saturated rings. The van der Waals surface area contributed by atoms with Crippen molar-refractivity contribution in [1.29, 1.82) is 0 Å². The van der Waals surface area contributed by atoms with Gasteiger partial charge < -0.3 is 0 Å². The molecule has 1 aromatic rings. The van der Waals surface area contributed by atoms with E-state index in [4.69, 9.17) is 0 Å². The van der Waals surface area contributed by atoms with Gasteiger partial charge >= 0.3 is 79.7 Å². The van der Waals surface area contributed by atoms with Gasteiger partial charge in [-0.2, -0.15) is 0 Å². The zero-order valence-corrected chi connectivity index (χ0v) is 9.43. The van der Waals surface area contributed by atoms with E-state index in [1.165, 1.54) is 15.4 Å². The zero-order valence-electron chi connectivity index (χ0n) is 6.00. The van der Waals surface area contributed by atoms with E-state index in [1.54, 1.807) is 12.1 Å². The molecule has 0 unspecified atom stereocenters. The Balaban J connectivity index is 2.90. The van der Waals surface area contributed by atoms with Gasteiger partial charge in [-0.15, -0.1) is 0 Å². The first kappa shape index (κ1) is 9.15. The molecular weight excluding hydrogens is 273 g/mol. The Hall–Kier alpha value is 0.0590. The Bertz CT molecular complexity index is 253. The fourth-order valence-corrected chi connectivity index (χ4v) is 1.77. The first-order valence-corrected chi connectivity index (χ1v) is 6.50. The third kappa shape index (κ3) is 2.53. The van der Waals surface area contributed by atoms with Crippen LogP contribution in [0.3, 0.4) is 0 Å². The van der Waals surface area contributed by atoms with Crippen molar-refractivity contribution in [2.75, 3.05) is 0 Å². The average molecular weight is 280 g/mol. The van der Waals surface area contributed by atoms with E-state index in [1.807, 2.05) is 0 Å². The van der Waals surface area contributed by atoms with Gasteiger partial charge in [-0.05, 0) is 0 Å². The molecule has 0 spiro atoms. The van der Waals surface area contributed by atoms with Crippen molar-refractivity contribution >= 4 is 33.8 Å². The summed E-state index contributed by atoms with van der Waals surface area (Å²) in [5, 5.41) is 0. The second kappa shape index (κ2) is 4.18. The number of halogens is 1. The van der Waals surface area contributed by atoms with Crippen LogP contribution in [-0.4, -0.2) is 33.8 Å². The average Bonchev–Trinajstić information content (AvgIpc) is 2.05. The van der Waals surface area contributed by atoms with Crippen LogP contribution in [0.2, 0.25) is 5.82 Å². The minimum absolute atomic E-state index is 0.176. The van der Waals surface area contributed by atoms with Gasteiger partial charge in [0.2, 0.25) is 0 Å². The Morgan fingerprint density at radius 1 is 1.36 bits per heavy atom. The first-order valence-electron chi connectivity index (χ1n) is 3.08. The SMILES string of the molecule is C[Se]C(=[Se])c1ccc(F)cc1. The third-order valence-electron chi connectivity index (χ3n) is 1.27. The fourth-order valence-electron chi connectivity index (χ4n) is 0.704. The van der Waals surface area contributed by atoms with Crippen LogP contribution >= 0.6 is 0 Å². The van der Waals surface area contributed by atoms with E-state index in [0.717, 1.165) is 5.56 Å². The molecule has 0 nitrogen and oxygen atoms in total. The molecule has 1 aromatic carbocycles. The standard InChI is InChI=1S/C8H7FSe2/c1-11-8(10)6-2-4-7(9)5-3-6/h2-5H,1H3. The third-order valence-corrected chi connectivity index (χ3v) is 4.85. The zero-order chi connectivity index (χ0) is 8.27. The van der Waals surface area contributed by atoms with Crippen molar-refractivity contribution in [3.05, 3.63) is 35.6 Å². The van der Waals surface area contributed by atoms with Crippen LogP contribution in [-0.2, 0) is 0 Å². The van der Waals surface area contributed by atoms with E-state index >= 15 is 0 Å². The monoisotopic (exact) mass is 282 g/mol. The maximum atomic E-state index is 12.4. The molecule has 0 N–H and O–H groups in total. The predicted molar refractivity (Wildman–Crippen MR) is 47.9 cm³/mol. The summed E-state index contributed by atoms with van der Waals surface area (Å²) in [6.45, 7) is 0. The van der Waals surface area contributed by atoms with Crippen LogP contribution in [0.4, 0.5) is 4.39 Å². The van der Waals surface area contributed by atoms with E-state index < -0.39 is 0 Å². The first-order chi connectivity index (χ1) is 5.24. The van der Waals surface area contributed by atoms with Crippen molar-refractivity contribution in [2.24, 2.45) is 0 Å². The van der Waals surface area contributed by atoms with E-state index in [-0.39, 0.29) is 5.82 Å². The molecule has 0 aliphatic rings. The Kier molecular flexibility index (Phi) is 3.47. The molecule has 3 heteroatoms. The molecule has 0 radical (unpaired) electrons. The van der Waals surface area contributed by atoms with Crippen LogP contribution in [0.25, 0.3) is 0 Å². The summed E-state index contributed by atoms with van der Waals surface area (Å²) in [5.41, 5.74) is 1.11. The number of rotatable bonds is 2. The number of hydrogen-bond donors (Lipinski definition) is 0. The molecule has 0 amide bonds. The molecule has 11 heavy (non-hydrogen) atoms. The van der Waals surface area contributed by atoms with Crippen LogP contribution in [0, 0.1) is 5.82 Å². The molecule has 0 aliphatic heterocycles. The minimum atomic E-state index is -0.176. The normalized spacial score (nSPS) is 9.64. The Morgan fingerprint density at radius 3 is 2.36 bits per heavy atom. The van der Waals surface area contributed by atoms with Crippen molar-refractivity contribution in [3.8, 4) is 0 Å². The Morgan fingerprint density at radius 2 is 1.91 bits per heavy atom. The van der Waals surface area contributed by atoms with Gasteiger partial charge in [0, 0.05) is 0 Å². The summed E-state index contributed by atoms with van der Waals surface area (Å²) < 4.78 is 13.7. The van der Waals surface area contributed by atoms with Crippen LogP contribution in [0.5, 0.6) is 0 Å². The number of hydrogen-bond acceptors (Lipinski definition) is 0. The van der Waals surface area contributed by atoms with Gasteiger partial charge in [0.05, 0.1) is 0 Å². The fraction of sp³-hybridized carbons (Fsp3) is 0.125. The van der Waals surface area contributed by atoms with Gasteiger partial charge in [0.25, 0.3) is 0 Å². The molecule has 0 atom stereocenters. The molecule has 0 saturated carbocycles. The van der Waals surface area contributed by atoms with Crippen molar-refractivity contribution in [3.63, 3.8) is 0 Å². The molecule has 0 aliphatic carbocycles. The molecule has 0 saturated heterocycles.